The molecule has 0 aliphatic carbocycles. The van der Waals surface area contributed by atoms with Crippen LogP contribution in [0.3, 0.4) is 0 Å². The first-order chi connectivity index (χ1) is 14.4. The highest BCUT2D eigenvalue weighted by Crippen LogP contribution is 2.31. The predicted molar refractivity (Wildman–Crippen MR) is 113 cm³/mol. The summed E-state index contributed by atoms with van der Waals surface area (Å²) in [5, 5.41) is 10.6. The molecule has 7 nitrogen and oxygen atoms in total. The number of amides is 2. The normalized spacial score (nSPS) is 14.9. The Bertz CT molecular complexity index is 1280. The molecule has 0 unspecified atom stereocenters. The summed E-state index contributed by atoms with van der Waals surface area (Å²) >= 11 is 0. The van der Waals surface area contributed by atoms with Crippen LogP contribution < -0.4 is 10.6 Å². The van der Waals surface area contributed by atoms with Gasteiger partial charge in [0.2, 0.25) is 5.88 Å². The second-order valence-electron chi connectivity index (χ2n) is 8.03. The minimum atomic E-state index is -0.304. The van der Waals surface area contributed by atoms with E-state index in [0.29, 0.717) is 23.5 Å². The van der Waals surface area contributed by atoms with E-state index >= 15 is 0 Å². The van der Waals surface area contributed by atoms with E-state index in [2.05, 4.69) is 29.6 Å². The molecule has 5 rings (SSSR count). The Morgan fingerprint density at radius 2 is 1.93 bits per heavy atom. The number of fused-ring (bicyclic) bond motifs is 3. The molecule has 150 valence electrons. The van der Waals surface area contributed by atoms with Crippen LogP contribution in [0, 0.1) is 0 Å². The Kier molecular flexibility index (Phi) is 3.99. The maximum Gasteiger partial charge on any atom is 0.268 e. The Balaban J connectivity index is 1.46. The quantitative estimate of drug-likeness (QED) is 0.543. The van der Waals surface area contributed by atoms with Gasteiger partial charge in [-0.1, -0.05) is 41.6 Å². The number of carbonyl (C=O) groups is 2. The number of nitrogens with one attached hydrogen (secondary N) is 2. The van der Waals surface area contributed by atoms with Gasteiger partial charge in [-0.15, -0.1) is 0 Å². The second-order valence-corrected chi connectivity index (χ2v) is 8.03. The standard InChI is InChI=1S/C23H20N4O3/c1-23(2)13-24-22(29)19-10-15-8-9-16(11-18(15)27(19)23)21(28)25-20-12-17(26-30-20)14-6-4-3-5-7-14/h3-12H,13H2,1-2H3,(H,24,29)(H,25,28). The zero-order valence-electron chi connectivity index (χ0n) is 16.6. The van der Waals surface area contributed by atoms with Crippen molar-refractivity contribution in [3.05, 3.63) is 71.9 Å². The van der Waals surface area contributed by atoms with Crippen LogP contribution in [0.15, 0.2) is 65.2 Å². The maximum atomic E-state index is 12.8. The molecule has 2 aromatic heterocycles. The molecule has 0 saturated heterocycles. The molecule has 1 aliphatic rings. The number of hydrogen-bond acceptors (Lipinski definition) is 4. The SMILES string of the molecule is CC1(C)CNC(=O)c2cc3ccc(C(=O)Nc4cc(-c5ccccc5)no4)cc3n21. The van der Waals surface area contributed by atoms with Gasteiger partial charge in [0.25, 0.3) is 11.8 Å². The average molecular weight is 400 g/mol. The third-order valence-electron chi connectivity index (χ3n) is 5.40. The molecule has 0 fully saturated rings. The maximum absolute atomic E-state index is 12.8. The number of rotatable bonds is 3. The number of aromatic nitrogens is 2. The summed E-state index contributed by atoms with van der Waals surface area (Å²) < 4.78 is 7.28. The first-order valence-electron chi connectivity index (χ1n) is 9.70. The summed E-state index contributed by atoms with van der Waals surface area (Å²) in [6, 6.07) is 18.5. The van der Waals surface area contributed by atoms with Gasteiger partial charge in [-0.3, -0.25) is 14.9 Å². The van der Waals surface area contributed by atoms with Gasteiger partial charge < -0.3 is 14.4 Å². The van der Waals surface area contributed by atoms with Gasteiger partial charge in [-0.2, -0.15) is 0 Å². The molecular weight excluding hydrogens is 380 g/mol. The van der Waals surface area contributed by atoms with E-state index in [0.717, 1.165) is 16.5 Å². The van der Waals surface area contributed by atoms with Crippen molar-refractivity contribution in [1.82, 2.24) is 15.0 Å². The van der Waals surface area contributed by atoms with E-state index in [1.807, 2.05) is 53.1 Å². The van der Waals surface area contributed by atoms with Crippen LogP contribution in [0.25, 0.3) is 22.2 Å². The summed E-state index contributed by atoms with van der Waals surface area (Å²) in [6.07, 6.45) is 0. The lowest BCUT2D eigenvalue weighted by Gasteiger charge is -2.34. The Hall–Kier alpha value is -3.87. The molecule has 3 heterocycles. The molecule has 7 heteroatoms. The van der Waals surface area contributed by atoms with Crippen molar-refractivity contribution in [3.63, 3.8) is 0 Å². The van der Waals surface area contributed by atoms with Gasteiger partial charge in [0.1, 0.15) is 11.4 Å². The number of nitrogens with zero attached hydrogens (tertiary/aromatic N) is 2. The van der Waals surface area contributed by atoms with Crippen molar-refractivity contribution in [1.29, 1.82) is 0 Å². The fourth-order valence-corrected chi connectivity index (χ4v) is 3.89. The molecule has 1 aliphatic heterocycles. The summed E-state index contributed by atoms with van der Waals surface area (Å²) in [5.41, 5.74) is 3.18. The number of hydrogen-bond donors (Lipinski definition) is 2. The number of benzene rings is 2. The van der Waals surface area contributed by atoms with Gasteiger partial charge in [0.05, 0.1) is 5.54 Å². The molecule has 0 radical (unpaired) electrons. The van der Waals surface area contributed by atoms with Crippen LogP contribution in [0.4, 0.5) is 5.88 Å². The van der Waals surface area contributed by atoms with E-state index in [1.54, 1.807) is 12.1 Å². The van der Waals surface area contributed by atoms with Crippen LogP contribution in [-0.2, 0) is 5.54 Å². The van der Waals surface area contributed by atoms with Crippen LogP contribution in [-0.4, -0.2) is 28.1 Å². The Labute approximate surface area is 172 Å². The van der Waals surface area contributed by atoms with Crippen molar-refractivity contribution >= 4 is 28.6 Å². The zero-order chi connectivity index (χ0) is 20.9. The smallest absolute Gasteiger partial charge is 0.268 e. The van der Waals surface area contributed by atoms with Gasteiger partial charge in [-0.05, 0) is 32.0 Å². The monoisotopic (exact) mass is 400 g/mol. The van der Waals surface area contributed by atoms with E-state index in [9.17, 15) is 9.59 Å². The fourth-order valence-electron chi connectivity index (χ4n) is 3.89. The summed E-state index contributed by atoms with van der Waals surface area (Å²) in [6.45, 7) is 4.64. The minimum Gasteiger partial charge on any atom is -0.348 e. The van der Waals surface area contributed by atoms with E-state index in [-0.39, 0.29) is 23.2 Å². The molecular formula is C23H20N4O3. The number of carbonyl (C=O) groups excluding carboxylic acids is 2. The zero-order valence-corrected chi connectivity index (χ0v) is 16.6. The van der Waals surface area contributed by atoms with Crippen LogP contribution >= 0.6 is 0 Å². The first-order valence-corrected chi connectivity index (χ1v) is 9.70. The van der Waals surface area contributed by atoms with Crippen molar-refractivity contribution in [2.24, 2.45) is 0 Å². The summed E-state index contributed by atoms with van der Waals surface area (Å²) in [5.74, 6) is -0.135. The van der Waals surface area contributed by atoms with Crippen LogP contribution in [0.2, 0.25) is 0 Å². The van der Waals surface area contributed by atoms with Crippen LogP contribution in [0.1, 0.15) is 34.7 Å². The van der Waals surface area contributed by atoms with Crippen molar-refractivity contribution in [2.75, 3.05) is 11.9 Å². The third-order valence-corrected chi connectivity index (χ3v) is 5.40. The molecule has 0 saturated carbocycles. The van der Waals surface area contributed by atoms with Gasteiger partial charge >= 0.3 is 0 Å². The van der Waals surface area contributed by atoms with E-state index < -0.39 is 0 Å². The Morgan fingerprint density at radius 1 is 1.13 bits per heavy atom. The molecule has 2 aromatic carbocycles. The first kappa shape index (κ1) is 18.2. The molecule has 0 spiro atoms. The van der Waals surface area contributed by atoms with Crippen molar-refractivity contribution < 1.29 is 14.1 Å². The Morgan fingerprint density at radius 3 is 2.73 bits per heavy atom. The molecule has 0 atom stereocenters. The van der Waals surface area contributed by atoms with Gasteiger partial charge in [0.15, 0.2) is 0 Å². The lowest BCUT2D eigenvalue weighted by atomic mass is 10.0. The summed E-state index contributed by atoms with van der Waals surface area (Å²) in [4.78, 5) is 25.1. The largest absolute Gasteiger partial charge is 0.348 e. The fraction of sp³-hybridized carbons (Fsp3) is 0.174. The van der Waals surface area contributed by atoms with E-state index in [4.69, 9.17) is 4.52 Å². The van der Waals surface area contributed by atoms with E-state index in [1.165, 1.54) is 0 Å². The predicted octanol–water partition coefficient (Wildman–Crippen LogP) is 4.03. The second kappa shape index (κ2) is 6.59. The third kappa shape index (κ3) is 2.95. The lowest BCUT2D eigenvalue weighted by Crippen LogP contribution is -2.47. The molecule has 30 heavy (non-hydrogen) atoms. The topological polar surface area (TPSA) is 89.2 Å². The summed E-state index contributed by atoms with van der Waals surface area (Å²) in [7, 11) is 0. The lowest BCUT2D eigenvalue weighted by molar-refractivity contribution is 0.0891. The molecule has 0 bridgehead atoms. The van der Waals surface area contributed by atoms with Gasteiger partial charge in [0, 0.05) is 34.6 Å². The highest BCUT2D eigenvalue weighted by atomic mass is 16.5. The highest BCUT2D eigenvalue weighted by Gasteiger charge is 2.32. The highest BCUT2D eigenvalue weighted by molar-refractivity contribution is 6.07. The molecule has 4 aromatic rings. The average Bonchev–Trinajstić information content (AvgIpc) is 3.36. The molecule has 2 N–H and O–H groups in total. The van der Waals surface area contributed by atoms with Crippen LogP contribution in [0.5, 0.6) is 0 Å². The van der Waals surface area contributed by atoms with Crippen molar-refractivity contribution in [2.45, 2.75) is 19.4 Å². The minimum absolute atomic E-state index is 0.105. The van der Waals surface area contributed by atoms with Crippen molar-refractivity contribution in [3.8, 4) is 11.3 Å². The van der Waals surface area contributed by atoms with Gasteiger partial charge in [-0.25, -0.2) is 0 Å². The molecule has 2 amide bonds. The number of anilines is 1.